The van der Waals surface area contributed by atoms with E-state index >= 15 is 0 Å². The van der Waals surface area contributed by atoms with E-state index in [4.69, 9.17) is 4.74 Å². The van der Waals surface area contributed by atoms with Crippen LogP contribution in [0.3, 0.4) is 0 Å². The molecule has 0 fully saturated rings. The Kier molecular flexibility index (Phi) is 5.49. The van der Waals surface area contributed by atoms with Gasteiger partial charge in [0, 0.05) is 24.4 Å². The average Bonchev–Trinajstić information content (AvgIpc) is 2.75. The van der Waals surface area contributed by atoms with Gasteiger partial charge in [0.15, 0.2) is 0 Å². The number of nitrogens with zero attached hydrogens (tertiary/aromatic N) is 1. The summed E-state index contributed by atoms with van der Waals surface area (Å²) in [5.74, 6) is 0.224. The molecule has 1 rings (SSSR count). The second kappa shape index (κ2) is 6.66. The molecule has 3 nitrogen and oxygen atoms in total. The summed E-state index contributed by atoms with van der Waals surface area (Å²) in [6.45, 7) is 5.79. The molecule has 0 aromatic carbocycles. The lowest BCUT2D eigenvalue weighted by atomic mass is 10.2. The van der Waals surface area contributed by atoms with Crippen LogP contribution in [-0.2, 0) is 16.1 Å². The highest BCUT2D eigenvalue weighted by atomic mass is 32.1. The first-order chi connectivity index (χ1) is 7.65. The van der Waals surface area contributed by atoms with Crippen LogP contribution in [-0.4, -0.2) is 31.1 Å². The molecule has 0 aliphatic rings. The summed E-state index contributed by atoms with van der Waals surface area (Å²) < 4.78 is 5.03. The highest BCUT2D eigenvalue weighted by molar-refractivity contribution is 7.09. The fourth-order valence-electron chi connectivity index (χ4n) is 1.42. The minimum absolute atomic E-state index is 0.0387. The van der Waals surface area contributed by atoms with Crippen molar-refractivity contribution in [3.63, 3.8) is 0 Å². The molecule has 4 heteroatoms. The van der Waals surface area contributed by atoms with E-state index in [0.29, 0.717) is 19.7 Å². The summed E-state index contributed by atoms with van der Waals surface area (Å²) in [7, 11) is 1.66. The number of ether oxygens (including phenoxy) is 1. The van der Waals surface area contributed by atoms with Gasteiger partial charge in [-0.1, -0.05) is 19.9 Å². The third-order valence-electron chi connectivity index (χ3n) is 2.30. The van der Waals surface area contributed by atoms with Crippen LogP contribution in [0, 0.1) is 5.92 Å². The summed E-state index contributed by atoms with van der Waals surface area (Å²) in [5.41, 5.74) is 0. The molecule has 0 unspecified atom stereocenters. The Labute approximate surface area is 101 Å². The molecule has 0 saturated heterocycles. The van der Waals surface area contributed by atoms with E-state index in [2.05, 4.69) is 6.07 Å². The van der Waals surface area contributed by atoms with Gasteiger partial charge in [-0.05, 0) is 11.4 Å². The zero-order valence-electron chi connectivity index (χ0n) is 10.1. The quantitative estimate of drug-likeness (QED) is 0.765. The van der Waals surface area contributed by atoms with Gasteiger partial charge in [-0.3, -0.25) is 4.79 Å². The van der Waals surface area contributed by atoms with Gasteiger partial charge in [0.05, 0.1) is 13.2 Å². The first-order valence-electron chi connectivity index (χ1n) is 5.45. The molecule has 90 valence electrons. The molecule has 0 spiro atoms. The van der Waals surface area contributed by atoms with Crippen LogP contribution in [0.4, 0.5) is 0 Å². The number of carbonyl (C=O) groups is 1. The van der Waals surface area contributed by atoms with Crippen LogP contribution in [0.1, 0.15) is 18.7 Å². The van der Waals surface area contributed by atoms with E-state index in [-0.39, 0.29) is 11.8 Å². The summed E-state index contributed by atoms with van der Waals surface area (Å²) in [6.07, 6.45) is 0. The Bertz CT molecular complexity index is 309. The predicted octanol–water partition coefficient (Wildman–Crippen LogP) is 2.38. The first-order valence-corrected chi connectivity index (χ1v) is 6.33. The van der Waals surface area contributed by atoms with Gasteiger partial charge in [-0.15, -0.1) is 11.3 Å². The van der Waals surface area contributed by atoms with Gasteiger partial charge in [-0.25, -0.2) is 0 Å². The maximum Gasteiger partial charge on any atom is 0.225 e. The van der Waals surface area contributed by atoms with Crippen molar-refractivity contribution in [1.82, 2.24) is 4.90 Å². The minimum atomic E-state index is 0.0387. The van der Waals surface area contributed by atoms with Gasteiger partial charge in [0.2, 0.25) is 5.91 Å². The number of thiophene rings is 1. The monoisotopic (exact) mass is 241 g/mol. The predicted molar refractivity (Wildman–Crippen MR) is 66.5 cm³/mol. The third-order valence-corrected chi connectivity index (χ3v) is 3.16. The number of methoxy groups -OCH3 is 1. The Balaban J connectivity index is 2.60. The maximum absolute atomic E-state index is 12.0. The van der Waals surface area contributed by atoms with Crippen LogP contribution >= 0.6 is 11.3 Å². The van der Waals surface area contributed by atoms with Crippen molar-refractivity contribution < 1.29 is 9.53 Å². The zero-order chi connectivity index (χ0) is 12.0. The molecule has 0 aliphatic heterocycles. The Hall–Kier alpha value is -0.870. The molecule has 0 aliphatic carbocycles. The second-order valence-electron chi connectivity index (χ2n) is 3.99. The van der Waals surface area contributed by atoms with E-state index in [1.807, 2.05) is 30.2 Å². The van der Waals surface area contributed by atoms with Crippen molar-refractivity contribution >= 4 is 17.2 Å². The molecular weight excluding hydrogens is 222 g/mol. The number of hydrogen-bond donors (Lipinski definition) is 0. The van der Waals surface area contributed by atoms with Gasteiger partial charge >= 0.3 is 0 Å². The van der Waals surface area contributed by atoms with Gasteiger partial charge < -0.3 is 9.64 Å². The molecule has 0 atom stereocenters. The van der Waals surface area contributed by atoms with Crippen molar-refractivity contribution in [3.8, 4) is 0 Å². The van der Waals surface area contributed by atoms with Crippen LogP contribution < -0.4 is 0 Å². The molecule has 1 aromatic rings. The van der Waals surface area contributed by atoms with E-state index in [9.17, 15) is 4.79 Å². The molecular formula is C12H19NO2S. The third kappa shape index (κ3) is 3.94. The lowest BCUT2D eigenvalue weighted by molar-refractivity contribution is -0.135. The normalized spacial score (nSPS) is 10.8. The number of rotatable bonds is 6. The van der Waals surface area contributed by atoms with Gasteiger partial charge in [-0.2, -0.15) is 0 Å². The SMILES string of the molecule is COCCN(Cc1cccs1)C(=O)C(C)C. The summed E-state index contributed by atoms with van der Waals surface area (Å²) in [4.78, 5) is 15.0. The van der Waals surface area contributed by atoms with Crippen LogP contribution in [0.2, 0.25) is 0 Å². The summed E-state index contributed by atoms with van der Waals surface area (Å²) >= 11 is 1.68. The highest BCUT2D eigenvalue weighted by Gasteiger charge is 2.17. The van der Waals surface area contributed by atoms with Crippen LogP contribution in [0.5, 0.6) is 0 Å². The number of carbonyl (C=O) groups excluding carboxylic acids is 1. The fraction of sp³-hybridized carbons (Fsp3) is 0.583. The minimum Gasteiger partial charge on any atom is -0.383 e. The lowest BCUT2D eigenvalue weighted by Crippen LogP contribution is -2.36. The average molecular weight is 241 g/mol. The maximum atomic E-state index is 12.0. The van der Waals surface area contributed by atoms with Crippen molar-refractivity contribution in [2.45, 2.75) is 20.4 Å². The number of amides is 1. The van der Waals surface area contributed by atoms with E-state index < -0.39 is 0 Å². The van der Waals surface area contributed by atoms with E-state index in [1.54, 1.807) is 18.4 Å². The summed E-state index contributed by atoms with van der Waals surface area (Å²) in [6, 6.07) is 4.06. The van der Waals surface area contributed by atoms with Crippen molar-refractivity contribution in [2.24, 2.45) is 5.92 Å². The number of hydrogen-bond acceptors (Lipinski definition) is 3. The Morgan fingerprint density at radius 3 is 2.81 bits per heavy atom. The zero-order valence-corrected chi connectivity index (χ0v) is 10.9. The fourth-order valence-corrected chi connectivity index (χ4v) is 2.14. The standard InChI is InChI=1S/C12H19NO2S/c1-10(2)12(14)13(6-7-15-3)9-11-5-4-8-16-11/h4-5,8,10H,6-7,9H2,1-3H3. The van der Waals surface area contributed by atoms with Crippen molar-refractivity contribution in [3.05, 3.63) is 22.4 Å². The van der Waals surface area contributed by atoms with Gasteiger partial charge in [0.1, 0.15) is 0 Å². The molecule has 0 N–H and O–H groups in total. The largest absolute Gasteiger partial charge is 0.383 e. The Morgan fingerprint density at radius 2 is 2.31 bits per heavy atom. The molecule has 0 radical (unpaired) electrons. The molecule has 1 heterocycles. The molecule has 1 amide bonds. The van der Waals surface area contributed by atoms with E-state index in [0.717, 1.165) is 0 Å². The first kappa shape index (κ1) is 13.2. The Morgan fingerprint density at radius 1 is 1.56 bits per heavy atom. The topological polar surface area (TPSA) is 29.5 Å². The van der Waals surface area contributed by atoms with Crippen molar-refractivity contribution in [2.75, 3.05) is 20.3 Å². The van der Waals surface area contributed by atoms with Crippen LogP contribution in [0.15, 0.2) is 17.5 Å². The summed E-state index contributed by atoms with van der Waals surface area (Å²) in [5, 5.41) is 2.03. The second-order valence-corrected chi connectivity index (χ2v) is 5.02. The molecule has 0 saturated carbocycles. The molecule has 16 heavy (non-hydrogen) atoms. The molecule has 0 bridgehead atoms. The van der Waals surface area contributed by atoms with Crippen molar-refractivity contribution in [1.29, 1.82) is 0 Å². The van der Waals surface area contributed by atoms with Crippen LogP contribution in [0.25, 0.3) is 0 Å². The lowest BCUT2D eigenvalue weighted by Gasteiger charge is -2.23. The van der Waals surface area contributed by atoms with Gasteiger partial charge in [0.25, 0.3) is 0 Å². The molecule has 1 aromatic heterocycles. The smallest absolute Gasteiger partial charge is 0.225 e. The highest BCUT2D eigenvalue weighted by Crippen LogP contribution is 2.13. The van der Waals surface area contributed by atoms with E-state index in [1.165, 1.54) is 4.88 Å².